The first-order valence-corrected chi connectivity index (χ1v) is 8.89. The van der Waals surface area contributed by atoms with Crippen LogP contribution in [0.2, 0.25) is 0 Å². The van der Waals surface area contributed by atoms with E-state index >= 15 is 0 Å². The molecule has 0 amide bonds. The highest BCUT2D eigenvalue weighted by Gasteiger charge is 2.28. The summed E-state index contributed by atoms with van der Waals surface area (Å²) in [6.07, 6.45) is 0.0526. The lowest BCUT2D eigenvalue weighted by Crippen LogP contribution is -2.41. The molecule has 1 aliphatic heterocycles. The van der Waals surface area contributed by atoms with Crippen LogP contribution in [0.25, 0.3) is 0 Å². The maximum Gasteiger partial charge on any atom is 0.338 e. The Morgan fingerprint density at radius 1 is 1.21 bits per heavy atom. The Morgan fingerprint density at radius 3 is 2.67 bits per heavy atom. The molecule has 2 atom stereocenters. The van der Waals surface area contributed by atoms with E-state index in [2.05, 4.69) is 17.4 Å². The molecular formula is C19H21NO3S. The number of ether oxygens (including phenoxy) is 2. The lowest BCUT2D eigenvalue weighted by atomic mass is 10.1. The van der Waals surface area contributed by atoms with Gasteiger partial charge >= 0.3 is 5.97 Å². The molecule has 0 spiro atoms. The van der Waals surface area contributed by atoms with Crippen LogP contribution in [-0.2, 0) is 9.47 Å². The second-order valence-electron chi connectivity index (χ2n) is 5.55. The highest BCUT2D eigenvalue weighted by Crippen LogP contribution is 2.40. The minimum absolute atomic E-state index is 0.0526. The lowest BCUT2D eigenvalue weighted by molar-refractivity contribution is 0.0273. The lowest BCUT2D eigenvalue weighted by Gasteiger charge is -2.31. The maximum absolute atomic E-state index is 12.0. The van der Waals surface area contributed by atoms with Crippen LogP contribution in [-0.4, -0.2) is 38.9 Å². The quantitative estimate of drug-likeness (QED) is 0.667. The molecule has 1 aliphatic rings. The van der Waals surface area contributed by atoms with Gasteiger partial charge in [-0.3, -0.25) is 0 Å². The molecule has 0 aliphatic carbocycles. The van der Waals surface area contributed by atoms with Gasteiger partial charge in [0.15, 0.2) is 0 Å². The third kappa shape index (κ3) is 3.98. The van der Waals surface area contributed by atoms with Gasteiger partial charge < -0.3 is 14.8 Å². The third-order valence-corrected chi connectivity index (χ3v) is 5.41. The molecule has 2 aromatic rings. The van der Waals surface area contributed by atoms with Crippen LogP contribution < -0.4 is 5.32 Å². The molecule has 1 saturated heterocycles. The molecule has 3 rings (SSSR count). The van der Waals surface area contributed by atoms with Gasteiger partial charge in [-0.05, 0) is 17.7 Å². The van der Waals surface area contributed by atoms with E-state index in [9.17, 15) is 4.79 Å². The first kappa shape index (κ1) is 17.0. The summed E-state index contributed by atoms with van der Waals surface area (Å²) in [6.45, 7) is 2.38. The predicted molar refractivity (Wildman–Crippen MR) is 95.4 cm³/mol. The molecule has 1 fully saturated rings. The van der Waals surface area contributed by atoms with Gasteiger partial charge in [0.25, 0.3) is 0 Å². The van der Waals surface area contributed by atoms with Gasteiger partial charge in [-0.25, -0.2) is 4.79 Å². The van der Waals surface area contributed by atoms with Crippen molar-refractivity contribution < 1.29 is 14.3 Å². The highest BCUT2D eigenvalue weighted by atomic mass is 32.2. The molecule has 0 radical (unpaired) electrons. The summed E-state index contributed by atoms with van der Waals surface area (Å²) in [7, 11) is 1.41. The van der Waals surface area contributed by atoms with Crippen LogP contribution in [0.15, 0.2) is 59.5 Å². The van der Waals surface area contributed by atoms with E-state index in [4.69, 9.17) is 9.47 Å². The van der Waals surface area contributed by atoms with Gasteiger partial charge in [0.05, 0.1) is 30.6 Å². The first-order chi connectivity index (χ1) is 11.8. The Morgan fingerprint density at radius 2 is 1.96 bits per heavy atom. The number of nitrogens with one attached hydrogen (secondary N) is 1. The number of carbonyl (C=O) groups excluding carboxylic acids is 1. The van der Waals surface area contributed by atoms with E-state index in [1.54, 1.807) is 17.8 Å². The highest BCUT2D eigenvalue weighted by molar-refractivity contribution is 7.99. The summed E-state index contributed by atoms with van der Waals surface area (Å²) in [4.78, 5) is 13.0. The van der Waals surface area contributed by atoms with E-state index in [0.717, 1.165) is 18.0 Å². The number of methoxy groups -OCH3 is 1. The number of thioether (sulfide) groups is 1. The summed E-state index contributed by atoms with van der Waals surface area (Å²) in [5.41, 5.74) is 1.78. The second kappa shape index (κ2) is 8.33. The third-order valence-electron chi connectivity index (χ3n) is 3.97. The number of hydrogen-bond donors (Lipinski definition) is 1. The van der Waals surface area contributed by atoms with Crippen molar-refractivity contribution in [3.8, 4) is 0 Å². The summed E-state index contributed by atoms with van der Waals surface area (Å²) >= 11 is 1.65. The Bertz CT molecular complexity index is 671. The molecule has 2 aromatic carbocycles. The SMILES string of the molecule is COC(=O)c1ccccc1S[C@@H](c1ccccc1)[C@@H]1CNCCO1. The maximum atomic E-state index is 12.0. The van der Waals surface area contributed by atoms with Crippen LogP contribution in [0.1, 0.15) is 21.2 Å². The molecule has 0 bridgehead atoms. The van der Waals surface area contributed by atoms with Crippen LogP contribution in [0.3, 0.4) is 0 Å². The smallest absolute Gasteiger partial charge is 0.338 e. The molecular weight excluding hydrogens is 322 g/mol. The molecule has 0 saturated carbocycles. The zero-order valence-corrected chi connectivity index (χ0v) is 14.4. The largest absolute Gasteiger partial charge is 0.465 e. The van der Waals surface area contributed by atoms with Crippen LogP contribution >= 0.6 is 11.8 Å². The van der Waals surface area contributed by atoms with E-state index < -0.39 is 0 Å². The van der Waals surface area contributed by atoms with Crippen molar-refractivity contribution in [2.24, 2.45) is 0 Å². The fourth-order valence-corrected chi connectivity index (χ4v) is 4.10. The van der Waals surface area contributed by atoms with Crippen LogP contribution in [0.4, 0.5) is 0 Å². The van der Waals surface area contributed by atoms with Gasteiger partial charge in [0, 0.05) is 18.0 Å². The van der Waals surface area contributed by atoms with Crippen molar-refractivity contribution in [3.63, 3.8) is 0 Å². The number of morpholine rings is 1. The van der Waals surface area contributed by atoms with Crippen molar-refractivity contribution in [2.75, 3.05) is 26.8 Å². The Labute approximate surface area is 146 Å². The average molecular weight is 343 g/mol. The minimum Gasteiger partial charge on any atom is -0.465 e. The Balaban J connectivity index is 1.91. The summed E-state index contributed by atoms with van der Waals surface area (Å²) < 4.78 is 10.9. The number of benzene rings is 2. The van der Waals surface area contributed by atoms with Gasteiger partial charge in [0.2, 0.25) is 0 Å². The first-order valence-electron chi connectivity index (χ1n) is 8.01. The molecule has 24 heavy (non-hydrogen) atoms. The predicted octanol–water partition coefficient (Wildman–Crippen LogP) is 3.30. The van der Waals surface area contributed by atoms with Crippen molar-refractivity contribution in [1.29, 1.82) is 0 Å². The van der Waals surface area contributed by atoms with Gasteiger partial charge in [0.1, 0.15) is 0 Å². The zero-order valence-electron chi connectivity index (χ0n) is 13.6. The van der Waals surface area contributed by atoms with Crippen LogP contribution in [0, 0.1) is 0 Å². The minimum atomic E-state index is -0.312. The van der Waals surface area contributed by atoms with Crippen molar-refractivity contribution in [3.05, 3.63) is 65.7 Å². The number of hydrogen-bond acceptors (Lipinski definition) is 5. The number of carbonyl (C=O) groups is 1. The molecule has 0 unspecified atom stereocenters. The number of esters is 1. The van der Waals surface area contributed by atoms with Crippen molar-refractivity contribution in [1.82, 2.24) is 5.32 Å². The molecule has 4 nitrogen and oxygen atoms in total. The Hall–Kier alpha value is -1.82. The molecule has 1 N–H and O–H groups in total. The van der Waals surface area contributed by atoms with Gasteiger partial charge in [-0.1, -0.05) is 42.5 Å². The van der Waals surface area contributed by atoms with E-state index in [0.29, 0.717) is 12.2 Å². The molecule has 0 aromatic heterocycles. The average Bonchev–Trinajstić information content (AvgIpc) is 2.67. The van der Waals surface area contributed by atoms with Crippen molar-refractivity contribution >= 4 is 17.7 Å². The monoisotopic (exact) mass is 343 g/mol. The molecule has 1 heterocycles. The van der Waals surface area contributed by atoms with E-state index in [1.165, 1.54) is 12.7 Å². The molecule has 126 valence electrons. The van der Waals surface area contributed by atoms with Crippen LogP contribution in [0.5, 0.6) is 0 Å². The normalized spacial score (nSPS) is 18.8. The zero-order chi connectivity index (χ0) is 16.8. The topological polar surface area (TPSA) is 47.6 Å². The fourth-order valence-electron chi connectivity index (χ4n) is 2.77. The number of rotatable bonds is 5. The Kier molecular flexibility index (Phi) is 5.91. The summed E-state index contributed by atoms with van der Waals surface area (Å²) in [5, 5.41) is 3.49. The summed E-state index contributed by atoms with van der Waals surface area (Å²) in [6, 6.07) is 17.8. The fraction of sp³-hybridized carbons (Fsp3) is 0.316. The molecule has 5 heteroatoms. The van der Waals surface area contributed by atoms with Gasteiger partial charge in [-0.2, -0.15) is 0 Å². The van der Waals surface area contributed by atoms with E-state index in [-0.39, 0.29) is 17.3 Å². The van der Waals surface area contributed by atoms with E-state index in [1.807, 2.05) is 36.4 Å². The second-order valence-corrected chi connectivity index (χ2v) is 6.73. The standard InChI is InChI=1S/C19H21NO3S/c1-22-19(21)15-9-5-6-10-17(15)24-18(14-7-3-2-4-8-14)16-13-20-11-12-23-16/h2-10,16,18,20H,11-13H2,1H3/t16-,18-/m0/s1. The van der Waals surface area contributed by atoms with Gasteiger partial charge in [-0.15, -0.1) is 11.8 Å². The summed E-state index contributed by atoms with van der Waals surface area (Å²) in [5.74, 6) is -0.312. The van der Waals surface area contributed by atoms with Crippen molar-refractivity contribution in [2.45, 2.75) is 16.2 Å².